The molecule has 4 N–H and O–H groups in total. The van der Waals surface area contributed by atoms with E-state index in [4.69, 9.17) is 0 Å². The molecule has 4 aromatic rings. The van der Waals surface area contributed by atoms with Crippen molar-refractivity contribution in [2.45, 2.75) is 13.0 Å². The minimum atomic E-state index is -0.234. The molecule has 0 spiro atoms. The van der Waals surface area contributed by atoms with E-state index in [1.165, 1.54) is 6.20 Å². The van der Waals surface area contributed by atoms with Crippen molar-refractivity contribution in [2.75, 3.05) is 29.5 Å². The van der Waals surface area contributed by atoms with Crippen molar-refractivity contribution in [3.05, 3.63) is 42.5 Å². The highest BCUT2D eigenvalue weighted by atomic mass is 16.2. The molecule has 0 aliphatic carbocycles. The zero-order chi connectivity index (χ0) is 19.3. The van der Waals surface area contributed by atoms with Gasteiger partial charge in [0, 0.05) is 31.9 Å². The number of hydrogen-bond donors (Lipinski definition) is 4. The highest BCUT2D eigenvalue weighted by Gasteiger charge is 2.19. The molecule has 0 saturated heterocycles. The fraction of sp³-hybridized carbons (Fsp3) is 0.222. The number of nitrogens with zero attached hydrogens (tertiary/aromatic N) is 5. The van der Waals surface area contributed by atoms with Gasteiger partial charge in [-0.1, -0.05) is 0 Å². The van der Waals surface area contributed by atoms with Crippen molar-refractivity contribution in [2.24, 2.45) is 0 Å². The average Bonchev–Trinajstić information content (AvgIpc) is 3.29. The molecule has 0 radical (unpaired) electrons. The Bertz CT molecular complexity index is 1210. The normalized spacial score (nSPS) is 16.6. The molecule has 0 fully saturated rings. The van der Waals surface area contributed by atoms with Crippen molar-refractivity contribution >= 4 is 40.2 Å². The lowest BCUT2D eigenvalue weighted by atomic mass is 10.3. The summed E-state index contributed by atoms with van der Waals surface area (Å²) in [4.78, 5) is 21.6. The first-order valence-electron chi connectivity index (χ1n) is 8.98. The second kappa shape index (κ2) is 6.12. The molecule has 0 aromatic carbocycles. The topological polar surface area (TPSA) is 113 Å². The Balaban J connectivity index is 1.71. The number of anilines is 4. The molecule has 1 atom stereocenters. The SMILES string of the molecule is CNc1cc2nn3c(cnc13)C(=O)N[C@H](C)CNc1cnc3ccc(cn13)N2. The first-order chi connectivity index (χ1) is 13.6. The standard InChI is InChI=1S/C18H19N9O/c1-10-6-20-16-8-21-15-4-3-11(9-26(15)16)24-14-5-12(19-2)17-22-7-13(18(28)23-10)27(17)25-14/h3-5,7-10,19-20H,6H2,1-2H3,(H,23,28)(H,24,25)/t10-/m1/s1. The van der Waals surface area contributed by atoms with Gasteiger partial charge in [0.05, 0.1) is 23.8 Å². The summed E-state index contributed by atoms with van der Waals surface area (Å²) in [5.74, 6) is 1.20. The molecule has 10 heteroatoms. The van der Waals surface area contributed by atoms with E-state index >= 15 is 0 Å². The maximum atomic E-state index is 12.8. The van der Waals surface area contributed by atoms with Crippen LogP contribution in [0.25, 0.3) is 11.3 Å². The van der Waals surface area contributed by atoms with Gasteiger partial charge in [0.1, 0.15) is 11.5 Å². The van der Waals surface area contributed by atoms with Gasteiger partial charge in [0.15, 0.2) is 17.2 Å². The summed E-state index contributed by atoms with van der Waals surface area (Å²) in [5.41, 5.74) is 3.40. The molecular formula is C18H19N9O. The van der Waals surface area contributed by atoms with Gasteiger partial charge < -0.3 is 21.3 Å². The Morgan fingerprint density at radius 1 is 1.25 bits per heavy atom. The van der Waals surface area contributed by atoms with E-state index in [-0.39, 0.29) is 11.9 Å². The summed E-state index contributed by atoms with van der Waals surface area (Å²) in [6.07, 6.45) is 5.27. The Labute approximate surface area is 160 Å². The van der Waals surface area contributed by atoms with Crippen molar-refractivity contribution in [1.29, 1.82) is 0 Å². The fourth-order valence-corrected chi connectivity index (χ4v) is 3.31. The summed E-state index contributed by atoms with van der Waals surface area (Å²) < 4.78 is 3.51. The van der Waals surface area contributed by atoms with Crippen LogP contribution >= 0.6 is 0 Å². The Morgan fingerprint density at radius 2 is 2.14 bits per heavy atom. The minimum absolute atomic E-state index is 0.111. The van der Waals surface area contributed by atoms with E-state index in [0.717, 1.165) is 22.8 Å². The fourth-order valence-electron chi connectivity index (χ4n) is 3.31. The highest BCUT2D eigenvalue weighted by molar-refractivity contribution is 5.94. The van der Waals surface area contributed by atoms with Crippen LogP contribution in [0.3, 0.4) is 0 Å². The molecule has 4 bridgehead atoms. The van der Waals surface area contributed by atoms with Crippen LogP contribution in [-0.4, -0.2) is 49.5 Å². The first-order valence-corrected chi connectivity index (χ1v) is 8.98. The van der Waals surface area contributed by atoms with Gasteiger partial charge in [-0.3, -0.25) is 9.20 Å². The zero-order valence-electron chi connectivity index (χ0n) is 15.4. The van der Waals surface area contributed by atoms with E-state index in [1.54, 1.807) is 10.7 Å². The van der Waals surface area contributed by atoms with E-state index in [2.05, 4.69) is 36.3 Å². The van der Waals surface area contributed by atoms with Gasteiger partial charge in [0.2, 0.25) is 0 Å². The van der Waals surface area contributed by atoms with E-state index in [0.29, 0.717) is 23.7 Å². The van der Waals surface area contributed by atoms with E-state index in [9.17, 15) is 4.79 Å². The lowest BCUT2D eigenvalue weighted by Gasteiger charge is -2.16. The zero-order valence-corrected chi connectivity index (χ0v) is 15.4. The van der Waals surface area contributed by atoms with Gasteiger partial charge in [0.25, 0.3) is 5.91 Å². The van der Waals surface area contributed by atoms with Gasteiger partial charge >= 0.3 is 0 Å². The van der Waals surface area contributed by atoms with Crippen LogP contribution < -0.4 is 21.3 Å². The van der Waals surface area contributed by atoms with E-state index in [1.807, 2.05) is 42.8 Å². The molecule has 5 heterocycles. The maximum absolute atomic E-state index is 12.8. The number of rotatable bonds is 1. The van der Waals surface area contributed by atoms with E-state index < -0.39 is 0 Å². The van der Waals surface area contributed by atoms with Crippen molar-refractivity contribution < 1.29 is 4.79 Å². The third kappa shape index (κ3) is 2.57. The lowest BCUT2D eigenvalue weighted by molar-refractivity contribution is 0.0935. The number of aromatic nitrogens is 5. The predicted octanol–water partition coefficient (Wildman–Crippen LogP) is 1.71. The van der Waals surface area contributed by atoms with Crippen LogP contribution in [-0.2, 0) is 0 Å². The minimum Gasteiger partial charge on any atom is -0.385 e. The Kier molecular flexibility index (Phi) is 3.57. The van der Waals surface area contributed by atoms with Crippen LogP contribution in [0.2, 0.25) is 0 Å². The number of hydrogen-bond acceptors (Lipinski definition) is 7. The average molecular weight is 377 g/mol. The monoisotopic (exact) mass is 377 g/mol. The molecular weight excluding hydrogens is 358 g/mol. The Morgan fingerprint density at radius 3 is 3.00 bits per heavy atom. The lowest BCUT2D eigenvalue weighted by Crippen LogP contribution is -2.38. The van der Waals surface area contributed by atoms with Crippen LogP contribution in [0.15, 0.2) is 36.8 Å². The van der Waals surface area contributed by atoms with Crippen LogP contribution in [0, 0.1) is 0 Å². The van der Waals surface area contributed by atoms with Gasteiger partial charge in [-0.15, -0.1) is 5.10 Å². The summed E-state index contributed by atoms with van der Waals surface area (Å²) in [6.45, 7) is 2.49. The number of carbonyl (C=O) groups is 1. The maximum Gasteiger partial charge on any atom is 0.271 e. The number of fused-ring (bicyclic) bond motifs is 2. The molecule has 28 heavy (non-hydrogen) atoms. The molecule has 10 nitrogen and oxygen atoms in total. The number of pyridine rings is 1. The quantitative estimate of drug-likeness (QED) is 0.399. The molecule has 0 saturated carbocycles. The second-order valence-corrected chi connectivity index (χ2v) is 6.74. The number of imidazole rings is 2. The summed E-state index contributed by atoms with van der Waals surface area (Å²) in [6, 6.07) is 5.62. The summed E-state index contributed by atoms with van der Waals surface area (Å²) in [7, 11) is 1.81. The molecule has 5 rings (SSSR count). The van der Waals surface area contributed by atoms with Gasteiger partial charge in [-0.25, -0.2) is 14.5 Å². The molecule has 1 aliphatic heterocycles. The third-order valence-electron chi connectivity index (χ3n) is 4.71. The molecule has 1 aliphatic rings. The van der Waals surface area contributed by atoms with Crippen molar-refractivity contribution in [3.63, 3.8) is 0 Å². The molecule has 4 aromatic heterocycles. The number of carbonyl (C=O) groups excluding carboxylic acids is 1. The van der Waals surface area contributed by atoms with Crippen LogP contribution in [0.5, 0.6) is 0 Å². The molecule has 142 valence electrons. The molecule has 1 amide bonds. The van der Waals surface area contributed by atoms with Crippen LogP contribution in [0.4, 0.5) is 23.0 Å². The smallest absolute Gasteiger partial charge is 0.271 e. The third-order valence-corrected chi connectivity index (χ3v) is 4.71. The largest absolute Gasteiger partial charge is 0.385 e. The van der Waals surface area contributed by atoms with Crippen molar-refractivity contribution in [1.82, 2.24) is 29.3 Å². The molecule has 0 unspecified atom stereocenters. The number of amides is 1. The Hall–Kier alpha value is -3.82. The highest BCUT2D eigenvalue weighted by Crippen LogP contribution is 2.24. The number of nitrogens with one attached hydrogen (secondary N) is 4. The second-order valence-electron chi connectivity index (χ2n) is 6.74. The van der Waals surface area contributed by atoms with Gasteiger partial charge in [-0.05, 0) is 19.1 Å². The van der Waals surface area contributed by atoms with Crippen molar-refractivity contribution in [3.8, 4) is 0 Å². The summed E-state index contributed by atoms with van der Waals surface area (Å²) >= 11 is 0. The van der Waals surface area contributed by atoms with Crippen LogP contribution in [0.1, 0.15) is 17.4 Å². The van der Waals surface area contributed by atoms with Gasteiger partial charge in [-0.2, -0.15) is 0 Å². The summed E-state index contributed by atoms with van der Waals surface area (Å²) in [5, 5.41) is 17.3. The first kappa shape index (κ1) is 16.4. The predicted molar refractivity (Wildman–Crippen MR) is 106 cm³/mol.